The molecule has 296 valence electrons. The normalized spacial score (nSPS) is 29.6. The number of hydrogen-bond donors (Lipinski definition) is 0. The molecule has 53 heavy (non-hydrogen) atoms. The summed E-state index contributed by atoms with van der Waals surface area (Å²) in [7, 11) is 0. The standard InChI is InChI=1S/C50H80N2O/c1-5-9-11-13-49-45(31-39-19-27-43(28-20-39)41-23-15-37(7-3)16-24-41)33-47(35-51-49)53-48-34-46(50(52-36-48)14-12-10-6-2)32-40-21-29-44(30-22-40)42-25-17-38(8-4)18-26-42/h33-44H,5-32H2,1-4H3/t37-,38-,39-,40-,41-,42-,43-,44-. The first-order valence-corrected chi connectivity index (χ1v) is 23.7. The maximum atomic E-state index is 6.70. The molecule has 4 aliphatic carbocycles. The van der Waals surface area contributed by atoms with Crippen molar-refractivity contribution in [1.82, 2.24) is 9.97 Å². The number of unbranched alkanes of at least 4 members (excludes halogenated alkanes) is 4. The van der Waals surface area contributed by atoms with Crippen molar-refractivity contribution in [3.8, 4) is 11.5 Å². The summed E-state index contributed by atoms with van der Waals surface area (Å²) in [4.78, 5) is 10.2. The molecule has 0 amide bonds. The Morgan fingerprint density at radius 3 is 1.11 bits per heavy atom. The summed E-state index contributed by atoms with van der Waals surface area (Å²) in [6.07, 6.45) is 42.2. The summed E-state index contributed by atoms with van der Waals surface area (Å²) in [5.74, 6) is 9.37. The zero-order chi connectivity index (χ0) is 36.8. The van der Waals surface area contributed by atoms with Crippen molar-refractivity contribution < 1.29 is 4.74 Å². The van der Waals surface area contributed by atoms with Crippen LogP contribution in [0.15, 0.2) is 24.5 Å². The molecular formula is C50H80N2O. The van der Waals surface area contributed by atoms with E-state index in [-0.39, 0.29) is 0 Å². The second kappa shape index (κ2) is 21.4. The SMILES string of the molecule is CCCCCc1ncc(Oc2cnc(CCCCC)c(C[C@H]3CC[C@H]([C@H]4CC[C@H](CC)CC4)CC3)c2)cc1C[C@H]1CC[C@H]([C@H]2CC[C@H](CC)CC2)CC1. The van der Waals surface area contributed by atoms with Crippen molar-refractivity contribution in [2.45, 2.75) is 207 Å². The van der Waals surface area contributed by atoms with Crippen LogP contribution >= 0.6 is 0 Å². The highest BCUT2D eigenvalue weighted by Crippen LogP contribution is 2.44. The zero-order valence-corrected chi connectivity index (χ0v) is 35.0. The van der Waals surface area contributed by atoms with Crippen LogP contribution in [0.25, 0.3) is 0 Å². The fourth-order valence-electron chi connectivity index (χ4n) is 11.7. The topological polar surface area (TPSA) is 35.0 Å². The number of pyridine rings is 2. The lowest BCUT2D eigenvalue weighted by Crippen LogP contribution is -2.26. The van der Waals surface area contributed by atoms with Gasteiger partial charge in [0.1, 0.15) is 11.5 Å². The van der Waals surface area contributed by atoms with Crippen molar-refractivity contribution in [2.75, 3.05) is 0 Å². The summed E-state index contributed by atoms with van der Waals surface area (Å²) in [6.45, 7) is 9.40. The van der Waals surface area contributed by atoms with Gasteiger partial charge in [-0.15, -0.1) is 0 Å². The summed E-state index contributed by atoms with van der Waals surface area (Å²) < 4.78 is 6.70. The molecule has 2 heterocycles. The summed E-state index contributed by atoms with van der Waals surface area (Å²) in [5.41, 5.74) is 5.56. The molecule has 0 radical (unpaired) electrons. The minimum absolute atomic E-state index is 0.789. The Bertz CT molecular complexity index is 1220. The van der Waals surface area contributed by atoms with Crippen LogP contribution in [-0.4, -0.2) is 9.97 Å². The van der Waals surface area contributed by atoms with Crippen molar-refractivity contribution in [3.63, 3.8) is 0 Å². The van der Waals surface area contributed by atoms with Gasteiger partial charge < -0.3 is 4.74 Å². The van der Waals surface area contributed by atoms with Crippen molar-refractivity contribution >= 4 is 0 Å². The van der Waals surface area contributed by atoms with Crippen molar-refractivity contribution in [2.24, 2.45) is 47.3 Å². The Labute approximate surface area is 327 Å². The van der Waals surface area contributed by atoms with Gasteiger partial charge in [-0.3, -0.25) is 9.97 Å². The average molecular weight is 725 g/mol. The number of rotatable bonds is 18. The lowest BCUT2D eigenvalue weighted by Gasteiger charge is -2.38. The van der Waals surface area contributed by atoms with E-state index in [0.717, 1.165) is 71.7 Å². The molecule has 0 unspecified atom stereocenters. The quantitative estimate of drug-likeness (QED) is 0.144. The number of aromatic nitrogens is 2. The van der Waals surface area contributed by atoms with Crippen LogP contribution in [0, 0.1) is 47.3 Å². The fraction of sp³-hybridized carbons (Fsp3) is 0.800. The highest BCUT2D eigenvalue weighted by atomic mass is 16.5. The Kier molecular flexibility index (Phi) is 16.5. The van der Waals surface area contributed by atoms with Gasteiger partial charge in [0.2, 0.25) is 0 Å². The van der Waals surface area contributed by atoms with Crippen molar-refractivity contribution in [3.05, 3.63) is 47.0 Å². The van der Waals surface area contributed by atoms with E-state index in [2.05, 4.69) is 39.8 Å². The van der Waals surface area contributed by atoms with Crippen LogP contribution in [0.3, 0.4) is 0 Å². The average Bonchev–Trinajstić information content (AvgIpc) is 3.20. The Morgan fingerprint density at radius 1 is 0.453 bits per heavy atom. The van der Waals surface area contributed by atoms with Gasteiger partial charge in [0, 0.05) is 11.4 Å². The van der Waals surface area contributed by atoms with Crippen LogP contribution in [0.2, 0.25) is 0 Å². The first kappa shape index (κ1) is 40.8. The monoisotopic (exact) mass is 725 g/mol. The number of aryl methyl sites for hydroxylation is 2. The van der Waals surface area contributed by atoms with E-state index in [1.54, 1.807) is 0 Å². The molecule has 4 saturated carbocycles. The van der Waals surface area contributed by atoms with Crippen LogP contribution in [0.5, 0.6) is 11.5 Å². The molecule has 4 aliphatic rings. The number of nitrogens with zero attached hydrogens (tertiary/aromatic N) is 2. The lowest BCUT2D eigenvalue weighted by atomic mass is 9.68. The molecule has 0 spiro atoms. The predicted molar refractivity (Wildman–Crippen MR) is 225 cm³/mol. The minimum Gasteiger partial charge on any atom is -0.454 e. The summed E-state index contributed by atoms with van der Waals surface area (Å²) in [6, 6.07) is 4.74. The fourth-order valence-corrected chi connectivity index (χ4v) is 11.7. The number of hydrogen-bond acceptors (Lipinski definition) is 3. The second-order valence-electron chi connectivity index (χ2n) is 18.9. The molecule has 6 rings (SSSR count). The molecule has 0 saturated heterocycles. The summed E-state index contributed by atoms with van der Waals surface area (Å²) >= 11 is 0. The van der Waals surface area contributed by atoms with Crippen molar-refractivity contribution in [1.29, 1.82) is 0 Å². The third kappa shape index (κ3) is 12.0. The van der Waals surface area contributed by atoms with E-state index in [0.29, 0.717) is 0 Å². The molecule has 0 aromatic carbocycles. The van der Waals surface area contributed by atoms with Gasteiger partial charge in [-0.2, -0.15) is 0 Å². The molecule has 0 bridgehead atoms. The zero-order valence-electron chi connectivity index (χ0n) is 35.0. The Balaban J connectivity index is 1.09. The van der Waals surface area contributed by atoms with Gasteiger partial charge in [-0.1, -0.05) is 91.9 Å². The van der Waals surface area contributed by atoms with E-state index in [4.69, 9.17) is 14.7 Å². The van der Waals surface area contributed by atoms with Gasteiger partial charge >= 0.3 is 0 Å². The van der Waals surface area contributed by atoms with Gasteiger partial charge in [0.05, 0.1) is 12.4 Å². The second-order valence-corrected chi connectivity index (χ2v) is 18.9. The van der Waals surface area contributed by atoms with Gasteiger partial charge in [0.15, 0.2) is 0 Å². The van der Waals surface area contributed by atoms with Crippen LogP contribution in [-0.2, 0) is 25.7 Å². The molecule has 3 heteroatoms. The summed E-state index contributed by atoms with van der Waals surface area (Å²) in [5, 5.41) is 0. The van der Waals surface area contributed by atoms with Gasteiger partial charge in [-0.05, 0) is 186 Å². The van der Waals surface area contributed by atoms with E-state index >= 15 is 0 Å². The first-order chi connectivity index (χ1) is 26.0. The minimum atomic E-state index is 0.789. The highest BCUT2D eigenvalue weighted by molar-refractivity contribution is 5.36. The molecule has 0 aliphatic heterocycles. The van der Waals surface area contributed by atoms with Crippen LogP contribution in [0.1, 0.15) is 204 Å². The number of ether oxygens (including phenoxy) is 1. The Hall–Kier alpha value is -1.90. The van der Waals surface area contributed by atoms with Crippen LogP contribution < -0.4 is 4.74 Å². The predicted octanol–water partition coefficient (Wildman–Crippen LogP) is 14.9. The molecule has 4 fully saturated rings. The molecule has 3 nitrogen and oxygen atoms in total. The van der Waals surface area contributed by atoms with Gasteiger partial charge in [0.25, 0.3) is 0 Å². The highest BCUT2D eigenvalue weighted by Gasteiger charge is 2.32. The molecule has 2 aromatic heterocycles. The third-order valence-corrected chi connectivity index (χ3v) is 15.4. The van der Waals surface area contributed by atoms with Gasteiger partial charge in [-0.25, -0.2) is 0 Å². The van der Waals surface area contributed by atoms with E-state index in [1.165, 1.54) is 189 Å². The first-order valence-electron chi connectivity index (χ1n) is 23.7. The molecule has 0 N–H and O–H groups in total. The maximum absolute atomic E-state index is 6.70. The third-order valence-electron chi connectivity index (χ3n) is 15.4. The molecule has 2 aromatic rings. The van der Waals surface area contributed by atoms with E-state index < -0.39 is 0 Å². The smallest absolute Gasteiger partial charge is 0.146 e. The lowest BCUT2D eigenvalue weighted by molar-refractivity contribution is 0.145. The maximum Gasteiger partial charge on any atom is 0.146 e. The Morgan fingerprint density at radius 2 is 0.792 bits per heavy atom. The molecular weight excluding hydrogens is 645 g/mol. The van der Waals surface area contributed by atoms with E-state index in [9.17, 15) is 0 Å². The largest absolute Gasteiger partial charge is 0.454 e. The molecule has 0 atom stereocenters. The van der Waals surface area contributed by atoms with E-state index in [1.807, 2.05) is 12.4 Å². The van der Waals surface area contributed by atoms with Crippen LogP contribution in [0.4, 0.5) is 0 Å².